The van der Waals surface area contributed by atoms with Gasteiger partial charge in [0.25, 0.3) is 11.5 Å². The fourth-order valence-electron chi connectivity index (χ4n) is 4.51. The van der Waals surface area contributed by atoms with Crippen LogP contribution in [0.4, 0.5) is 0 Å². The number of nitrogens with one attached hydrogen (secondary N) is 1. The lowest BCUT2D eigenvalue weighted by Crippen LogP contribution is -2.42. The van der Waals surface area contributed by atoms with E-state index < -0.39 is 0 Å². The van der Waals surface area contributed by atoms with Crippen LogP contribution in [-0.2, 0) is 5.41 Å². The maximum absolute atomic E-state index is 13.0. The molecule has 0 saturated heterocycles. The molecule has 0 aliphatic heterocycles. The van der Waals surface area contributed by atoms with Crippen LogP contribution in [-0.4, -0.2) is 24.1 Å². The van der Waals surface area contributed by atoms with E-state index in [4.69, 9.17) is 4.74 Å². The standard InChI is InChI=1S/C26H28N2O3/c1-31-23-13-11-22(12-14-23)28-18-20(10-15-24(28)29)25(30)27-19-26(16-6-3-7-17-26)21-8-4-2-5-9-21/h2,4-5,8-15,18H,3,6-7,16-17,19H2,1H3,(H,27,30). The molecule has 1 aliphatic rings. The topological polar surface area (TPSA) is 60.3 Å². The predicted molar refractivity (Wildman–Crippen MR) is 122 cm³/mol. The Morgan fingerprint density at radius 2 is 1.68 bits per heavy atom. The van der Waals surface area contributed by atoms with Gasteiger partial charge in [-0.15, -0.1) is 0 Å². The molecule has 0 atom stereocenters. The summed E-state index contributed by atoms with van der Waals surface area (Å²) in [4.78, 5) is 25.4. The largest absolute Gasteiger partial charge is 0.497 e. The van der Waals surface area contributed by atoms with Gasteiger partial charge in [-0.3, -0.25) is 14.2 Å². The molecule has 2 aromatic carbocycles. The zero-order chi connectivity index (χ0) is 21.7. The summed E-state index contributed by atoms with van der Waals surface area (Å²) in [6, 6.07) is 20.7. The Kier molecular flexibility index (Phi) is 6.21. The van der Waals surface area contributed by atoms with Gasteiger partial charge in [0.1, 0.15) is 5.75 Å². The quantitative estimate of drug-likeness (QED) is 0.645. The number of hydrogen-bond acceptors (Lipinski definition) is 3. The third-order valence-corrected chi connectivity index (χ3v) is 6.31. The highest BCUT2D eigenvalue weighted by atomic mass is 16.5. The molecule has 1 aromatic heterocycles. The van der Waals surface area contributed by atoms with E-state index in [1.807, 2.05) is 6.07 Å². The number of nitrogens with zero attached hydrogens (tertiary/aromatic N) is 1. The Bertz CT molecular complexity index is 1080. The molecular weight excluding hydrogens is 388 g/mol. The summed E-state index contributed by atoms with van der Waals surface area (Å²) in [6.07, 6.45) is 7.34. The van der Waals surface area contributed by atoms with Crippen molar-refractivity contribution in [2.75, 3.05) is 13.7 Å². The highest BCUT2D eigenvalue weighted by Gasteiger charge is 2.34. The molecule has 0 radical (unpaired) electrons. The van der Waals surface area contributed by atoms with Gasteiger partial charge in [-0.25, -0.2) is 0 Å². The van der Waals surface area contributed by atoms with Gasteiger partial charge in [-0.05, 0) is 48.7 Å². The Labute approximate surface area is 182 Å². The molecule has 1 fully saturated rings. The number of methoxy groups -OCH3 is 1. The van der Waals surface area contributed by atoms with Gasteiger partial charge < -0.3 is 10.1 Å². The Morgan fingerprint density at radius 1 is 0.968 bits per heavy atom. The second-order valence-electron chi connectivity index (χ2n) is 8.21. The molecule has 160 valence electrons. The van der Waals surface area contributed by atoms with Crippen molar-refractivity contribution < 1.29 is 9.53 Å². The van der Waals surface area contributed by atoms with Crippen LogP contribution in [0.25, 0.3) is 5.69 Å². The zero-order valence-corrected chi connectivity index (χ0v) is 17.8. The molecule has 1 aliphatic carbocycles. The fraction of sp³-hybridized carbons (Fsp3) is 0.308. The van der Waals surface area contributed by atoms with Crippen LogP contribution < -0.4 is 15.6 Å². The Morgan fingerprint density at radius 3 is 2.35 bits per heavy atom. The highest BCUT2D eigenvalue weighted by molar-refractivity contribution is 5.94. The molecule has 4 rings (SSSR count). The molecule has 1 N–H and O–H groups in total. The number of amides is 1. The first kappa shape index (κ1) is 20.9. The number of rotatable bonds is 6. The van der Waals surface area contributed by atoms with Crippen molar-refractivity contribution >= 4 is 5.91 Å². The fourth-order valence-corrected chi connectivity index (χ4v) is 4.51. The lowest BCUT2D eigenvalue weighted by Gasteiger charge is -2.38. The van der Waals surface area contributed by atoms with Crippen LogP contribution >= 0.6 is 0 Å². The van der Waals surface area contributed by atoms with E-state index in [2.05, 4.69) is 29.6 Å². The average Bonchev–Trinajstić information content (AvgIpc) is 2.84. The monoisotopic (exact) mass is 416 g/mol. The van der Waals surface area contributed by atoms with Gasteiger partial charge >= 0.3 is 0 Å². The van der Waals surface area contributed by atoms with E-state index in [9.17, 15) is 9.59 Å². The summed E-state index contributed by atoms with van der Waals surface area (Å²) in [7, 11) is 1.60. The van der Waals surface area contributed by atoms with E-state index in [0.717, 1.165) is 12.8 Å². The summed E-state index contributed by atoms with van der Waals surface area (Å²) < 4.78 is 6.67. The van der Waals surface area contributed by atoms with E-state index in [0.29, 0.717) is 23.5 Å². The first-order chi connectivity index (χ1) is 15.1. The van der Waals surface area contributed by atoms with Crippen LogP contribution in [0.1, 0.15) is 48.0 Å². The molecule has 1 saturated carbocycles. The summed E-state index contributed by atoms with van der Waals surface area (Å²) in [5.74, 6) is 0.549. The van der Waals surface area contributed by atoms with Crippen molar-refractivity contribution in [3.05, 3.63) is 94.4 Å². The van der Waals surface area contributed by atoms with Crippen LogP contribution in [0, 0.1) is 0 Å². The number of pyridine rings is 1. The Hall–Kier alpha value is -3.34. The van der Waals surface area contributed by atoms with Gasteiger partial charge in [0, 0.05) is 29.9 Å². The third-order valence-electron chi connectivity index (χ3n) is 6.31. The van der Waals surface area contributed by atoms with Crippen molar-refractivity contribution in [1.82, 2.24) is 9.88 Å². The van der Waals surface area contributed by atoms with Gasteiger partial charge in [0.2, 0.25) is 0 Å². The van der Waals surface area contributed by atoms with Crippen molar-refractivity contribution in [2.24, 2.45) is 0 Å². The lowest BCUT2D eigenvalue weighted by molar-refractivity contribution is 0.0936. The van der Waals surface area contributed by atoms with E-state index in [1.54, 1.807) is 43.6 Å². The minimum atomic E-state index is -0.185. The number of benzene rings is 2. The molecule has 5 heteroatoms. The molecule has 1 amide bonds. The summed E-state index contributed by atoms with van der Waals surface area (Å²) in [6.45, 7) is 0.595. The minimum Gasteiger partial charge on any atom is -0.497 e. The summed E-state index contributed by atoms with van der Waals surface area (Å²) >= 11 is 0. The third kappa shape index (κ3) is 4.55. The number of ether oxygens (including phenoxy) is 1. The van der Waals surface area contributed by atoms with Crippen LogP contribution in [0.2, 0.25) is 0 Å². The minimum absolute atomic E-state index is 0.0282. The Balaban J connectivity index is 1.55. The molecule has 0 spiro atoms. The zero-order valence-electron chi connectivity index (χ0n) is 17.8. The molecule has 0 unspecified atom stereocenters. The van der Waals surface area contributed by atoms with Gasteiger partial charge in [0.15, 0.2) is 0 Å². The maximum Gasteiger partial charge on any atom is 0.255 e. The summed E-state index contributed by atoms with van der Waals surface area (Å²) in [5.41, 5.74) is 2.23. The van der Waals surface area contributed by atoms with Gasteiger partial charge in [-0.1, -0.05) is 49.6 Å². The molecule has 31 heavy (non-hydrogen) atoms. The first-order valence-corrected chi connectivity index (χ1v) is 10.8. The van der Waals surface area contributed by atoms with E-state index >= 15 is 0 Å². The number of aromatic nitrogens is 1. The molecule has 3 aromatic rings. The lowest BCUT2D eigenvalue weighted by atomic mass is 9.69. The molecule has 5 nitrogen and oxygen atoms in total. The van der Waals surface area contributed by atoms with Crippen molar-refractivity contribution in [3.63, 3.8) is 0 Å². The molecule has 1 heterocycles. The van der Waals surface area contributed by atoms with Crippen molar-refractivity contribution in [2.45, 2.75) is 37.5 Å². The molecular formula is C26H28N2O3. The smallest absolute Gasteiger partial charge is 0.255 e. The number of hydrogen-bond donors (Lipinski definition) is 1. The second-order valence-corrected chi connectivity index (χ2v) is 8.21. The van der Waals surface area contributed by atoms with Crippen LogP contribution in [0.15, 0.2) is 77.7 Å². The predicted octanol–water partition coefficient (Wildman–Crippen LogP) is 4.48. The second kappa shape index (κ2) is 9.21. The summed E-state index contributed by atoms with van der Waals surface area (Å²) in [5, 5.41) is 3.15. The van der Waals surface area contributed by atoms with E-state index in [-0.39, 0.29) is 16.9 Å². The number of carbonyl (C=O) groups is 1. The normalized spacial score (nSPS) is 15.3. The molecule has 0 bridgehead atoms. The van der Waals surface area contributed by atoms with Crippen molar-refractivity contribution in [3.8, 4) is 11.4 Å². The van der Waals surface area contributed by atoms with Crippen LogP contribution in [0.5, 0.6) is 5.75 Å². The first-order valence-electron chi connectivity index (χ1n) is 10.8. The van der Waals surface area contributed by atoms with Gasteiger partial charge in [0.05, 0.1) is 12.7 Å². The average molecular weight is 417 g/mol. The van der Waals surface area contributed by atoms with Crippen molar-refractivity contribution in [1.29, 1.82) is 0 Å². The SMILES string of the molecule is COc1ccc(-n2cc(C(=O)NCC3(c4ccccc4)CCCCC3)ccc2=O)cc1. The number of carbonyl (C=O) groups excluding carboxylic acids is 1. The highest BCUT2D eigenvalue weighted by Crippen LogP contribution is 2.38. The van der Waals surface area contributed by atoms with E-state index in [1.165, 1.54) is 35.5 Å². The van der Waals surface area contributed by atoms with Gasteiger partial charge in [-0.2, -0.15) is 0 Å². The maximum atomic E-state index is 13.0. The van der Waals surface area contributed by atoms with Crippen LogP contribution in [0.3, 0.4) is 0 Å².